The van der Waals surface area contributed by atoms with Gasteiger partial charge in [-0.15, -0.1) is 0 Å². The Morgan fingerprint density at radius 3 is 2.87 bits per heavy atom. The summed E-state index contributed by atoms with van der Waals surface area (Å²) in [4.78, 5) is 14.7. The van der Waals surface area contributed by atoms with E-state index in [1.165, 1.54) is 31.5 Å². The lowest BCUT2D eigenvalue weighted by molar-refractivity contribution is 0.371. The minimum absolute atomic E-state index is 0.774. The van der Waals surface area contributed by atoms with E-state index >= 15 is 0 Å². The lowest BCUT2D eigenvalue weighted by atomic mass is 10.0. The summed E-state index contributed by atoms with van der Waals surface area (Å²) in [5.74, 6) is 0. The zero-order valence-corrected chi connectivity index (χ0v) is 17.7. The van der Waals surface area contributed by atoms with E-state index in [1.54, 1.807) is 6.20 Å². The number of rotatable bonds is 6. The van der Waals surface area contributed by atoms with Crippen molar-refractivity contribution in [3.05, 3.63) is 72.7 Å². The molecule has 0 amide bonds. The molecule has 6 heteroatoms. The molecule has 5 rings (SSSR count). The van der Waals surface area contributed by atoms with Crippen LogP contribution in [0.4, 0.5) is 0 Å². The van der Waals surface area contributed by atoms with Crippen molar-refractivity contribution in [1.29, 1.82) is 0 Å². The fourth-order valence-corrected chi connectivity index (χ4v) is 4.27. The van der Waals surface area contributed by atoms with Gasteiger partial charge in [0.25, 0.3) is 0 Å². The first-order chi connectivity index (χ1) is 15.2. The molecule has 1 fully saturated rings. The predicted octanol–water partition coefficient (Wildman–Crippen LogP) is 5.11. The van der Waals surface area contributed by atoms with E-state index in [1.807, 2.05) is 24.5 Å². The van der Waals surface area contributed by atoms with Crippen LogP contribution in [-0.2, 0) is 0 Å². The zero-order chi connectivity index (χ0) is 21.2. The minimum atomic E-state index is 0.774. The van der Waals surface area contributed by atoms with Crippen LogP contribution in [0.2, 0.25) is 0 Å². The maximum absolute atomic E-state index is 4.64. The monoisotopic (exact) mass is 410 g/mol. The molecule has 6 nitrogen and oxygen atoms in total. The number of hydrogen-bond donors (Lipinski definition) is 2. The van der Waals surface area contributed by atoms with Crippen molar-refractivity contribution in [1.82, 2.24) is 30.0 Å². The minimum Gasteiger partial charge on any atom is -0.352 e. The Hall–Kier alpha value is -3.51. The fraction of sp³-hybridized carbons (Fsp3) is 0.240. The highest BCUT2D eigenvalue weighted by Crippen LogP contribution is 2.30. The van der Waals surface area contributed by atoms with Gasteiger partial charge < -0.3 is 4.98 Å². The Bertz CT molecular complexity index is 1270. The molecule has 31 heavy (non-hydrogen) atoms. The number of hydrogen-bond acceptors (Lipinski definition) is 4. The van der Waals surface area contributed by atoms with Crippen molar-refractivity contribution in [2.24, 2.45) is 0 Å². The van der Waals surface area contributed by atoms with Gasteiger partial charge >= 0.3 is 0 Å². The van der Waals surface area contributed by atoms with Crippen LogP contribution >= 0.6 is 0 Å². The molecule has 2 N–H and O–H groups in total. The van der Waals surface area contributed by atoms with Gasteiger partial charge in [-0.3, -0.25) is 15.0 Å². The maximum atomic E-state index is 4.64. The molecule has 0 aliphatic carbocycles. The van der Waals surface area contributed by atoms with Gasteiger partial charge in [0, 0.05) is 35.3 Å². The van der Waals surface area contributed by atoms with E-state index in [0.29, 0.717) is 0 Å². The summed E-state index contributed by atoms with van der Waals surface area (Å²) in [5, 5.41) is 9.70. The average Bonchev–Trinajstić information content (AvgIpc) is 3.55. The third-order valence-electron chi connectivity index (χ3n) is 5.95. The highest BCUT2D eigenvalue weighted by Gasteiger charge is 2.15. The van der Waals surface area contributed by atoms with Crippen LogP contribution in [0.3, 0.4) is 0 Å². The van der Waals surface area contributed by atoms with Gasteiger partial charge in [0.2, 0.25) is 0 Å². The van der Waals surface area contributed by atoms with Gasteiger partial charge in [0.1, 0.15) is 5.69 Å². The molecule has 0 spiro atoms. The molecule has 1 aliphatic rings. The third kappa shape index (κ3) is 3.82. The second-order valence-electron chi connectivity index (χ2n) is 7.99. The Balaban J connectivity index is 1.51. The van der Waals surface area contributed by atoms with Gasteiger partial charge in [0.15, 0.2) is 5.65 Å². The first-order valence-corrected chi connectivity index (χ1v) is 10.7. The lowest BCUT2D eigenvalue weighted by Crippen LogP contribution is -2.21. The number of pyridine rings is 2. The number of fused-ring (bicyclic) bond motifs is 2. The van der Waals surface area contributed by atoms with Crippen LogP contribution in [0.25, 0.3) is 38.9 Å². The standard InChI is InChI=1S/C25H26N6/c1-3-17(16-31-9-5-6-10-31)11-18(4-2)20-12-21-24(29-30-25(21)27-14-20)22-13-19-7-8-26-15-23(19)28-22/h3-4,7-8,11-15,28H,1,5-6,9-10,16H2,2H3,(H,27,29,30)/b17-11+,18-4+. The van der Waals surface area contributed by atoms with Crippen molar-refractivity contribution in [3.63, 3.8) is 0 Å². The van der Waals surface area contributed by atoms with Gasteiger partial charge in [-0.05, 0) is 62.2 Å². The number of aromatic nitrogens is 5. The summed E-state index contributed by atoms with van der Waals surface area (Å²) < 4.78 is 0. The lowest BCUT2D eigenvalue weighted by Gasteiger charge is -2.15. The largest absolute Gasteiger partial charge is 0.352 e. The number of nitrogens with zero attached hydrogens (tertiary/aromatic N) is 4. The molecule has 4 aromatic rings. The average molecular weight is 411 g/mol. The molecule has 0 bridgehead atoms. The summed E-state index contributed by atoms with van der Waals surface area (Å²) in [6.45, 7) is 9.38. The van der Waals surface area contributed by atoms with Crippen LogP contribution in [-0.4, -0.2) is 49.7 Å². The summed E-state index contributed by atoms with van der Waals surface area (Å²) >= 11 is 0. The molecule has 4 aromatic heterocycles. The summed E-state index contributed by atoms with van der Waals surface area (Å²) in [6, 6.07) is 6.25. The molecular formula is C25H26N6. The van der Waals surface area contributed by atoms with Gasteiger partial charge in [0.05, 0.1) is 17.4 Å². The molecule has 0 unspecified atom stereocenters. The van der Waals surface area contributed by atoms with E-state index in [9.17, 15) is 0 Å². The van der Waals surface area contributed by atoms with Gasteiger partial charge in [-0.25, -0.2) is 4.98 Å². The van der Waals surface area contributed by atoms with E-state index in [-0.39, 0.29) is 0 Å². The number of nitrogens with one attached hydrogen (secondary N) is 2. The van der Waals surface area contributed by atoms with E-state index in [0.717, 1.165) is 51.0 Å². The number of likely N-dealkylation sites (tertiary alicyclic amines) is 1. The predicted molar refractivity (Wildman–Crippen MR) is 127 cm³/mol. The second-order valence-corrected chi connectivity index (χ2v) is 7.99. The Labute approximate surface area is 181 Å². The van der Waals surface area contributed by atoms with E-state index in [4.69, 9.17) is 0 Å². The van der Waals surface area contributed by atoms with Crippen LogP contribution in [0.5, 0.6) is 0 Å². The normalized spacial score (nSPS) is 15.9. The molecule has 156 valence electrons. The molecular weight excluding hydrogens is 384 g/mol. The second kappa shape index (κ2) is 8.32. The van der Waals surface area contributed by atoms with Crippen molar-refractivity contribution in [3.8, 4) is 11.4 Å². The molecule has 0 aromatic carbocycles. The quantitative estimate of drug-likeness (QED) is 0.433. The number of H-pyrrole nitrogens is 2. The first-order valence-electron chi connectivity index (χ1n) is 10.7. The summed E-state index contributed by atoms with van der Waals surface area (Å²) in [7, 11) is 0. The highest BCUT2D eigenvalue weighted by molar-refractivity contribution is 5.95. The van der Waals surface area contributed by atoms with Crippen LogP contribution < -0.4 is 0 Å². The first kappa shape index (κ1) is 19.5. The smallest absolute Gasteiger partial charge is 0.155 e. The SMILES string of the molecule is C=C/C(=C\C(=C/C)c1cnc2[nH]nc(-c3cc4ccncc4[nH]3)c2c1)CN1CCCC1. The highest BCUT2D eigenvalue weighted by atomic mass is 15.2. The van der Waals surface area contributed by atoms with Crippen LogP contribution in [0, 0.1) is 0 Å². The van der Waals surface area contributed by atoms with E-state index < -0.39 is 0 Å². The zero-order valence-electron chi connectivity index (χ0n) is 17.7. The Kier molecular flexibility index (Phi) is 5.22. The summed E-state index contributed by atoms with van der Waals surface area (Å²) in [5.41, 5.74) is 7.01. The van der Waals surface area contributed by atoms with Gasteiger partial charge in [-0.2, -0.15) is 5.10 Å². The Morgan fingerprint density at radius 1 is 1.23 bits per heavy atom. The maximum Gasteiger partial charge on any atom is 0.155 e. The van der Waals surface area contributed by atoms with Crippen molar-refractivity contribution >= 4 is 27.5 Å². The molecule has 0 atom stereocenters. The molecule has 0 saturated carbocycles. The van der Waals surface area contributed by atoms with Crippen LogP contribution in [0.1, 0.15) is 25.3 Å². The van der Waals surface area contributed by atoms with Crippen LogP contribution in [0.15, 0.2) is 67.2 Å². The summed E-state index contributed by atoms with van der Waals surface area (Å²) in [6.07, 6.45) is 14.4. The van der Waals surface area contributed by atoms with E-state index in [2.05, 4.69) is 67.8 Å². The topological polar surface area (TPSA) is 73.5 Å². The molecule has 0 radical (unpaired) electrons. The molecule has 1 saturated heterocycles. The van der Waals surface area contributed by atoms with Crippen molar-refractivity contribution < 1.29 is 0 Å². The van der Waals surface area contributed by atoms with Crippen molar-refractivity contribution in [2.45, 2.75) is 19.8 Å². The fourth-order valence-electron chi connectivity index (χ4n) is 4.27. The number of aromatic amines is 2. The van der Waals surface area contributed by atoms with Crippen molar-refractivity contribution in [2.75, 3.05) is 19.6 Å². The Morgan fingerprint density at radius 2 is 2.10 bits per heavy atom. The third-order valence-corrected chi connectivity index (χ3v) is 5.95. The molecule has 1 aliphatic heterocycles. The van der Waals surface area contributed by atoms with Gasteiger partial charge in [-0.1, -0.05) is 24.8 Å². The molecule has 5 heterocycles. The number of allylic oxidation sites excluding steroid dienone is 3.